The summed E-state index contributed by atoms with van der Waals surface area (Å²) in [4.78, 5) is 33.6. The predicted molar refractivity (Wildman–Crippen MR) is 118 cm³/mol. The molecule has 148 valence electrons. The highest BCUT2D eigenvalue weighted by atomic mass is 32.2. The summed E-state index contributed by atoms with van der Waals surface area (Å²) < 4.78 is 0. The molecule has 2 heterocycles. The van der Waals surface area contributed by atoms with Crippen LogP contribution >= 0.6 is 11.8 Å². The van der Waals surface area contributed by atoms with Crippen LogP contribution in [0.4, 0.5) is 5.69 Å². The van der Waals surface area contributed by atoms with Gasteiger partial charge in [-0.3, -0.25) is 19.5 Å². The predicted octanol–water partition coefficient (Wildman–Crippen LogP) is 3.27. The normalized spacial score (nSPS) is 13.8. The second-order valence-electron chi connectivity index (χ2n) is 6.91. The number of nitrogens with one attached hydrogen (secondary N) is 2. The van der Waals surface area contributed by atoms with E-state index < -0.39 is 0 Å². The third kappa shape index (κ3) is 4.35. The summed E-state index contributed by atoms with van der Waals surface area (Å²) in [5, 5.41) is 4.71. The molecule has 0 aliphatic carbocycles. The molecular formula is C22H22N4O2S. The lowest BCUT2D eigenvalue weighted by Gasteiger charge is -2.18. The van der Waals surface area contributed by atoms with Crippen LogP contribution in [-0.4, -0.2) is 40.8 Å². The standard InChI is InChI=1S/C22H22N4O2S/c1-15-6-8-17(9-7-15)26-21(28)13-25-22(26)29-14-20(27)23-11-10-16-12-24-19-5-3-2-4-18(16)19/h2-9,12,24H,10-11,13-14H2,1H3,(H,23,27). The van der Waals surface area contributed by atoms with E-state index >= 15 is 0 Å². The van der Waals surface area contributed by atoms with Gasteiger partial charge < -0.3 is 10.3 Å². The zero-order valence-electron chi connectivity index (χ0n) is 16.1. The second kappa shape index (κ2) is 8.53. The summed E-state index contributed by atoms with van der Waals surface area (Å²) in [6.07, 6.45) is 2.75. The minimum Gasteiger partial charge on any atom is -0.361 e. The summed E-state index contributed by atoms with van der Waals surface area (Å²) in [6.45, 7) is 2.69. The van der Waals surface area contributed by atoms with Gasteiger partial charge in [0.15, 0.2) is 5.17 Å². The Labute approximate surface area is 173 Å². The molecule has 0 radical (unpaired) electrons. The van der Waals surface area contributed by atoms with Crippen molar-refractivity contribution in [1.82, 2.24) is 10.3 Å². The number of amidine groups is 1. The molecule has 1 aliphatic heterocycles. The van der Waals surface area contributed by atoms with E-state index in [0.717, 1.165) is 23.2 Å². The van der Waals surface area contributed by atoms with Crippen molar-refractivity contribution >= 4 is 45.3 Å². The number of H-pyrrole nitrogens is 1. The van der Waals surface area contributed by atoms with Crippen molar-refractivity contribution in [3.63, 3.8) is 0 Å². The Morgan fingerprint density at radius 1 is 1.21 bits per heavy atom. The smallest absolute Gasteiger partial charge is 0.254 e. The van der Waals surface area contributed by atoms with Gasteiger partial charge in [-0.15, -0.1) is 0 Å². The highest BCUT2D eigenvalue weighted by molar-refractivity contribution is 8.14. The molecular weight excluding hydrogens is 384 g/mol. The van der Waals surface area contributed by atoms with Gasteiger partial charge in [-0.05, 0) is 37.1 Å². The summed E-state index contributed by atoms with van der Waals surface area (Å²) >= 11 is 1.29. The third-order valence-corrected chi connectivity index (χ3v) is 5.78. The maximum Gasteiger partial charge on any atom is 0.254 e. The summed E-state index contributed by atoms with van der Waals surface area (Å²) in [7, 11) is 0. The van der Waals surface area contributed by atoms with E-state index in [9.17, 15) is 9.59 Å². The van der Waals surface area contributed by atoms with Gasteiger partial charge in [0, 0.05) is 23.6 Å². The number of nitrogens with zero attached hydrogens (tertiary/aromatic N) is 2. The number of amides is 2. The highest BCUT2D eigenvalue weighted by Gasteiger charge is 2.27. The zero-order valence-corrected chi connectivity index (χ0v) is 17.0. The van der Waals surface area contributed by atoms with E-state index in [-0.39, 0.29) is 24.1 Å². The Morgan fingerprint density at radius 3 is 2.83 bits per heavy atom. The van der Waals surface area contributed by atoms with Crippen LogP contribution < -0.4 is 10.2 Å². The van der Waals surface area contributed by atoms with Gasteiger partial charge in [-0.2, -0.15) is 0 Å². The van der Waals surface area contributed by atoms with Gasteiger partial charge in [0.1, 0.15) is 6.54 Å². The monoisotopic (exact) mass is 406 g/mol. The summed E-state index contributed by atoms with van der Waals surface area (Å²) in [6, 6.07) is 15.8. The first kappa shape index (κ1) is 19.3. The Morgan fingerprint density at radius 2 is 2.00 bits per heavy atom. The molecule has 6 nitrogen and oxygen atoms in total. The van der Waals surface area contributed by atoms with Gasteiger partial charge in [-0.1, -0.05) is 47.7 Å². The van der Waals surface area contributed by atoms with Crippen LogP contribution in [0.15, 0.2) is 59.7 Å². The molecule has 7 heteroatoms. The number of thioether (sulfide) groups is 1. The Balaban J connectivity index is 1.29. The molecule has 0 fully saturated rings. The molecule has 2 aromatic carbocycles. The molecule has 0 saturated carbocycles. The number of para-hydroxylation sites is 1. The van der Waals surface area contributed by atoms with E-state index in [0.29, 0.717) is 11.7 Å². The molecule has 2 N–H and O–H groups in total. The van der Waals surface area contributed by atoms with Crippen molar-refractivity contribution in [3.05, 3.63) is 65.9 Å². The van der Waals surface area contributed by atoms with Crippen molar-refractivity contribution in [2.75, 3.05) is 23.7 Å². The number of hydrogen-bond acceptors (Lipinski definition) is 4. The van der Waals surface area contributed by atoms with Crippen LogP contribution in [0.1, 0.15) is 11.1 Å². The summed E-state index contributed by atoms with van der Waals surface area (Å²) in [5.41, 5.74) is 4.19. The largest absolute Gasteiger partial charge is 0.361 e. The Bertz CT molecular complexity index is 1070. The van der Waals surface area contributed by atoms with Crippen LogP contribution in [0.5, 0.6) is 0 Å². The average Bonchev–Trinajstić information content (AvgIpc) is 3.31. The molecule has 0 atom stereocenters. The molecule has 0 spiro atoms. The molecule has 3 aromatic rings. The molecule has 4 rings (SSSR count). The zero-order chi connectivity index (χ0) is 20.2. The van der Waals surface area contributed by atoms with Crippen molar-refractivity contribution in [2.45, 2.75) is 13.3 Å². The maximum atomic E-state index is 12.3. The van der Waals surface area contributed by atoms with Gasteiger partial charge >= 0.3 is 0 Å². The fourth-order valence-corrected chi connectivity index (χ4v) is 4.15. The SMILES string of the molecule is Cc1ccc(N2C(=O)CN=C2SCC(=O)NCCc2c[nH]c3ccccc23)cc1. The minimum atomic E-state index is -0.0731. The molecule has 29 heavy (non-hydrogen) atoms. The number of anilines is 1. The molecule has 0 bridgehead atoms. The quantitative estimate of drug-likeness (QED) is 0.660. The number of hydrogen-bond donors (Lipinski definition) is 2. The minimum absolute atomic E-state index is 0.0688. The number of aromatic nitrogens is 1. The van der Waals surface area contributed by atoms with E-state index in [1.54, 1.807) is 4.90 Å². The number of fused-ring (bicyclic) bond motifs is 1. The molecule has 2 amide bonds. The number of aryl methyl sites for hydroxylation is 1. The lowest BCUT2D eigenvalue weighted by Crippen LogP contribution is -2.33. The maximum absolute atomic E-state index is 12.3. The summed E-state index contributed by atoms with van der Waals surface area (Å²) in [5.74, 6) is 0.0828. The lowest BCUT2D eigenvalue weighted by molar-refractivity contribution is -0.118. The topological polar surface area (TPSA) is 77.6 Å². The van der Waals surface area contributed by atoms with Gasteiger partial charge in [0.2, 0.25) is 5.91 Å². The van der Waals surface area contributed by atoms with E-state index in [2.05, 4.69) is 21.4 Å². The average molecular weight is 407 g/mol. The first-order valence-electron chi connectivity index (χ1n) is 9.50. The molecule has 1 aliphatic rings. The van der Waals surface area contributed by atoms with Crippen molar-refractivity contribution < 1.29 is 9.59 Å². The van der Waals surface area contributed by atoms with Crippen LogP contribution in [0.3, 0.4) is 0 Å². The van der Waals surface area contributed by atoms with Crippen LogP contribution in [0.25, 0.3) is 10.9 Å². The number of rotatable bonds is 6. The van der Waals surface area contributed by atoms with Gasteiger partial charge in [0.05, 0.1) is 11.4 Å². The van der Waals surface area contributed by atoms with Crippen LogP contribution in [0.2, 0.25) is 0 Å². The van der Waals surface area contributed by atoms with E-state index in [4.69, 9.17) is 0 Å². The van der Waals surface area contributed by atoms with Gasteiger partial charge in [0.25, 0.3) is 5.91 Å². The van der Waals surface area contributed by atoms with Gasteiger partial charge in [-0.25, -0.2) is 0 Å². The third-order valence-electron chi connectivity index (χ3n) is 4.81. The first-order chi connectivity index (χ1) is 14.1. The van der Waals surface area contributed by atoms with Crippen LogP contribution in [-0.2, 0) is 16.0 Å². The first-order valence-corrected chi connectivity index (χ1v) is 10.5. The van der Waals surface area contributed by atoms with Crippen LogP contribution in [0, 0.1) is 6.92 Å². The fourth-order valence-electron chi connectivity index (χ4n) is 3.30. The highest BCUT2D eigenvalue weighted by Crippen LogP contribution is 2.24. The number of aliphatic imine (C=N–C) groups is 1. The van der Waals surface area contributed by atoms with Crippen molar-refractivity contribution in [1.29, 1.82) is 0 Å². The Hall–Kier alpha value is -3.06. The molecule has 0 unspecified atom stereocenters. The Kier molecular flexibility index (Phi) is 5.67. The fraction of sp³-hybridized carbons (Fsp3) is 0.227. The number of carbonyl (C=O) groups is 2. The second-order valence-corrected chi connectivity index (χ2v) is 7.85. The van der Waals surface area contributed by atoms with E-state index in [1.807, 2.05) is 55.6 Å². The molecule has 0 saturated heterocycles. The van der Waals surface area contributed by atoms with Crippen molar-refractivity contribution in [3.8, 4) is 0 Å². The van der Waals surface area contributed by atoms with Crippen molar-refractivity contribution in [2.24, 2.45) is 4.99 Å². The number of benzene rings is 2. The lowest BCUT2D eigenvalue weighted by atomic mass is 10.1. The number of carbonyl (C=O) groups excluding carboxylic acids is 2. The number of aromatic amines is 1. The molecule has 1 aromatic heterocycles. The van der Waals surface area contributed by atoms with E-state index in [1.165, 1.54) is 22.7 Å².